The molecule has 8 heteroatoms. The fourth-order valence-electron chi connectivity index (χ4n) is 3.87. The quantitative estimate of drug-likeness (QED) is 0.229. The van der Waals surface area contributed by atoms with Gasteiger partial charge in [0.25, 0.3) is 17.7 Å². The number of amides is 3. The van der Waals surface area contributed by atoms with E-state index in [4.69, 9.17) is 0 Å². The number of benzene rings is 4. The molecular formula is C30H22BrN3O3S. The van der Waals surface area contributed by atoms with Crippen LogP contribution in [0.5, 0.6) is 0 Å². The topological polar surface area (TPSA) is 78.5 Å². The standard InChI is InChI=1S/C30H22BrN3O3S/c1-19-10-16-24(17-11-19)34-29(36)26(32-22-6-3-2-4-7-22)27(30(34)37)38-25-9-5-8-23(18-25)33-28(35)20-12-14-21(31)15-13-20/h2-18,32H,1H3,(H,33,35). The lowest BCUT2D eigenvalue weighted by atomic mass is 10.2. The van der Waals surface area contributed by atoms with Crippen molar-refractivity contribution in [1.29, 1.82) is 0 Å². The Morgan fingerprint density at radius 1 is 0.789 bits per heavy atom. The van der Waals surface area contributed by atoms with Gasteiger partial charge in [0.2, 0.25) is 0 Å². The monoisotopic (exact) mass is 583 g/mol. The number of carbonyl (C=O) groups is 3. The van der Waals surface area contributed by atoms with Gasteiger partial charge in [-0.1, -0.05) is 69.7 Å². The Morgan fingerprint density at radius 3 is 2.18 bits per heavy atom. The summed E-state index contributed by atoms with van der Waals surface area (Å²) in [5, 5.41) is 6.04. The number of rotatable bonds is 7. The first kappa shape index (κ1) is 25.5. The predicted octanol–water partition coefficient (Wildman–Crippen LogP) is 7.00. The number of hydrogen-bond acceptors (Lipinski definition) is 5. The maximum atomic E-state index is 13.6. The maximum absolute atomic E-state index is 13.6. The summed E-state index contributed by atoms with van der Waals surface area (Å²) < 4.78 is 0.885. The van der Waals surface area contributed by atoms with Crippen molar-refractivity contribution in [3.63, 3.8) is 0 Å². The van der Waals surface area contributed by atoms with Crippen LogP contribution < -0.4 is 15.5 Å². The highest BCUT2D eigenvalue weighted by Crippen LogP contribution is 2.38. The molecule has 4 aromatic rings. The number of nitrogens with zero attached hydrogens (tertiary/aromatic N) is 1. The van der Waals surface area contributed by atoms with E-state index in [0.29, 0.717) is 27.5 Å². The Balaban J connectivity index is 1.44. The normalized spacial score (nSPS) is 13.2. The Hall–Kier alpha value is -4.14. The smallest absolute Gasteiger partial charge is 0.283 e. The van der Waals surface area contributed by atoms with E-state index in [9.17, 15) is 14.4 Å². The zero-order valence-corrected chi connectivity index (χ0v) is 22.7. The molecule has 2 N–H and O–H groups in total. The van der Waals surface area contributed by atoms with Crippen molar-refractivity contribution in [3.05, 3.63) is 129 Å². The van der Waals surface area contributed by atoms with E-state index in [2.05, 4.69) is 26.6 Å². The van der Waals surface area contributed by atoms with Crippen molar-refractivity contribution < 1.29 is 14.4 Å². The molecular weight excluding hydrogens is 562 g/mol. The van der Waals surface area contributed by atoms with Gasteiger partial charge in [-0.15, -0.1) is 0 Å². The van der Waals surface area contributed by atoms with Crippen LogP contribution in [0.15, 0.2) is 123 Å². The fourth-order valence-corrected chi connectivity index (χ4v) is 5.12. The van der Waals surface area contributed by atoms with E-state index in [1.165, 1.54) is 16.7 Å². The first-order valence-electron chi connectivity index (χ1n) is 11.8. The Bertz CT molecular complexity index is 1550. The summed E-state index contributed by atoms with van der Waals surface area (Å²) >= 11 is 4.55. The third kappa shape index (κ3) is 5.56. The van der Waals surface area contributed by atoms with Crippen molar-refractivity contribution >= 4 is 62.5 Å². The third-order valence-corrected chi connectivity index (χ3v) is 7.40. The van der Waals surface area contributed by atoms with Crippen molar-refractivity contribution in [2.45, 2.75) is 11.8 Å². The van der Waals surface area contributed by atoms with Gasteiger partial charge < -0.3 is 10.6 Å². The minimum atomic E-state index is -0.426. The second-order valence-electron chi connectivity index (χ2n) is 8.57. The minimum absolute atomic E-state index is 0.205. The molecule has 5 rings (SSSR count). The highest BCUT2D eigenvalue weighted by Gasteiger charge is 2.40. The fraction of sp³-hybridized carbons (Fsp3) is 0.0333. The van der Waals surface area contributed by atoms with E-state index in [1.807, 2.05) is 55.5 Å². The van der Waals surface area contributed by atoms with Crippen LogP contribution in [-0.4, -0.2) is 17.7 Å². The first-order valence-corrected chi connectivity index (χ1v) is 13.4. The largest absolute Gasteiger partial charge is 0.350 e. The molecule has 1 aliphatic heterocycles. The number of nitrogens with one attached hydrogen (secondary N) is 2. The molecule has 0 spiro atoms. The molecule has 1 heterocycles. The van der Waals surface area contributed by atoms with Crippen molar-refractivity contribution in [2.75, 3.05) is 15.5 Å². The van der Waals surface area contributed by atoms with E-state index < -0.39 is 11.8 Å². The Labute approximate surface area is 232 Å². The number of halogens is 1. The summed E-state index contributed by atoms with van der Waals surface area (Å²) in [6.07, 6.45) is 0. The molecule has 0 atom stereocenters. The Morgan fingerprint density at radius 2 is 1.47 bits per heavy atom. The van der Waals surface area contributed by atoms with Gasteiger partial charge in [0.15, 0.2) is 0 Å². The lowest BCUT2D eigenvalue weighted by molar-refractivity contribution is -0.120. The summed E-state index contributed by atoms with van der Waals surface area (Å²) in [7, 11) is 0. The van der Waals surface area contributed by atoms with Gasteiger partial charge in [-0.05, 0) is 73.7 Å². The minimum Gasteiger partial charge on any atom is -0.350 e. The average Bonchev–Trinajstić information content (AvgIpc) is 3.14. The third-order valence-electron chi connectivity index (χ3n) is 5.79. The van der Waals surface area contributed by atoms with E-state index >= 15 is 0 Å². The molecule has 6 nitrogen and oxygen atoms in total. The molecule has 0 fully saturated rings. The summed E-state index contributed by atoms with van der Waals surface area (Å²) in [4.78, 5) is 42.0. The molecule has 0 aromatic heterocycles. The number of imide groups is 1. The second-order valence-corrected chi connectivity index (χ2v) is 10.6. The maximum Gasteiger partial charge on any atom is 0.283 e. The molecule has 1 aliphatic rings. The highest BCUT2D eigenvalue weighted by atomic mass is 79.9. The van der Waals surface area contributed by atoms with Crippen LogP contribution in [0.1, 0.15) is 15.9 Å². The van der Waals surface area contributed by atoms with Gasteiger partial charge >= 0.3 is 0 Å². The number of aryl methyl sites for hydroxylation is 1. The van der Waals surface area contributed by atoms with Crippen molar-refractivity contribution in [3.8, 4) is 0 Å². The predicted molar refractivity (Wildman–Crippen MR) is 155 cm³/mol. The molecule has 0 aliphatic carbocycles. The molecule has 188 valence electrons. The molecule has 4 aromatic carbocycles. The second kappa shape index (κ2) is 11.1. The van der Waals surface area contributed by atoms with Crippen molar-refractivity contribution in [2.24, 2.45) is 0 Å². The summed E-state index contributed by atoms with van der Waals surface area (Å²) in [6.45, 7) is 1.95. The zero-order valence-electron chi connectivity index (χ0n) is 20.3. The summed E-state index contributed by atoms with van der Waals surface area (Å²) in [5.41, 5.74) is 3.53. The van der Waals surface area contributed by atoms with Crippen LogP contribution in [0.2, 0.25) is 0 Å². The van der Waals surface area contributed by atoms with Crippen LogP contribution in [0.25, 0.3) is 0 Å². The van der Waals surface area contributed by atoms with E-state index in [1.54, 1.807) is 54.6 Å². The Kier molecular flexibility index (Phi) is 7.44. The van der Waals surface area contributed by atoms with Crippen LogP contribution in [0, 0.1) is 6.92 Å². The number of hydrogen-bond donors (Lipinski definition) is 2. The van der Waals surface area contributed by atoms with Gasteiger partial charge in [-0.25, -0.2) is 4.90 Å². The van der Waals surface area contributed by atoms with Gasteiger partial charge in [0.05, 0.1) is 5.69 Å². The van der Waals surface area contributed by atoms with Crippen LogP contribution in [-0.2, 0) is 9.59 Å². The number of anilines is 3. The molecule has 0 bridgehead atoms. The summed E-state index contributed by atoms with van der Waals surface area (Å²) in [6, 6.07) is 30.7. The molecule has 0 saturated heterocycles. The van der Waals surface area contributed by atoms with Crippen molar-refractivity contribution in [1.82, 2.24) is 0 Å². The van der Waals surface area contributed by atoms with Gasteiger partial charge in [0, 0.05) is 26.3 Å². The average molecular weight is 584 g/mol. The van der Waals surface area contributed by atoms with Crippen LogP contribution in [0.3, 0.4) is 0 Å². The van der Waals surface area contributed by atoms with Gasteiger partial charge in [0.1, 0.15) is 10.6 Å². The van der Waals surface area contributed by atoms with E-state index in [-0.39, 0.29) is 16.5 Å². The molecule has 38 heavy (non-hydrogen) atoms. The number of para-hydroxylation sites is 1. The molecule has 3 amide bonds. The van der Waals surface area contributed by atoms with Crippen LogP contribution in [0.4, 0.5) is 17.1 Å². The molecule has 0 unspecified atom stereocenters. The lowest BCUT2D eigenvalue weighted by Gasteiger charge is -2.15. The zero-order chi connectivity index (χ0) is 26.6. The van der Waals surface area contributed by atoms with Gasteiger partial charge in [-0.3, -0.25) is 14.4 Å². The van der Waals surface area contributed by atoms with Gasteiger partial charge in [-0.2, -0.15) is 0 Å². The molecule has 0 radical (unpaired) electrons. The number of thioether (sulfide) groups is 1. The summed E-state index contributed by atoms with van der Waals surface area (Å²) in [5.74, 6) is -1.08. The highest BCUT2D eigenvalue weighted by molar-refractivity contribution is 9.10. The van der Waals surface area contributed by atoms with Crippen LogP contribution >= 0.6 is 27.7 Å². The van der Waals surface area contributed by atoms with E-state index in [0.717, 1.165) is 10.0 Å². The lowest BCUT2D eigenvalue weighted by Crippen LogP contribution is -2.32. The first-order chi connectivity index (χ1) is 18.4. The number of carbonyl (C=O) groups excluding carboxylic acids is 3. The molecule has 0 saturated carbocycles. The SMILES string of the molecule is Cc1ccc(N2C(=O)C(Nc3ccccc3)=C(Sc3cccc(NC(=O)c4ccc(Br)cc4)c3)C2=O)cc1.